The number of rotatable bonds is 5. The van der Waals surface area contributed by atoms with Gasteiger partial charge in [-0.1, -0.05) is 11.6 Å². The second-order valence-corrected chi connectivity index (χ2v) is 9.07. The molecule has 1 heterocycles. The molecule has 11 heteroatoms. The summed E-state index contributed by atoms with van der Waals surface area (Å²) in [6, 6.07) is 9.69. The minimum atomic E-state index is -4.67. The van der Waals surface area contributed by atoms with Gasteiger partial charge in [0, 0.05) is 15.8 Å². The van der Waals surface area contributed by atoms with Gasteiger partial charge in [-0.3, -0.25) is 9.71 Å². The number of pyridine rings is 1. The first kappa shape index (κ1) is 21.7. The van der Waals surface area contributed by atoms with Gasteiger partial charge in [0.1, 0.15) is 5.75 Å². The van der Waals surface area contributed by atoms with E-state index in [4.69, 9.17) is 16.3 Å². The van der Waals surface area contributed by atoms with Crippen LogP contribution in [0.1, 0.15) is 5.56 Å². The Morgan fingerprint density at radius 1 is 1.03 bits per heavy atom. The summed E-state index contributed by atoms with van der Waals surface area (Å²) >= 11 is 7.84. The Balaban J connectivity index is 2.02. The molecule has 0 saturated carbocycles. The SMILES string of the molecule is O=S(=O)(Nc1cc(C(F)(F)F)ccc1Oc1cncc(Cl)c1)c1ccc(I)cc1. The molecule has 29 heavy (non-hydrogen) atoms. The quantitative estimate of drug-likeness (QED) is 0.396. The molecule has 152 valence electrons. The zero-order chi connectivity index (χ0) is 21.2. The van der Waals surface area contributed by atoms with Crippen molar-refractivity contribution in [2.24, 2.45) is 0 Å². The molecule has 0 fully saturated rings. The minimum absolute atomic E-state index is 0.106. The smallest absolute Gasteiger partial charge is 0.416 e. The molecular formula is C18H11ClF3IN2O3S. The summed E-state index contributed by atoms with van der Waals surface area (Å²) in [6.07, 6.45) is -2.03. The van der Waals surface area contributed by atoms with E-state index < -0.39 is 21.8 Å². The number of anilines is 1. The Morgan fingerprint density at radius 2 is 1.72 bits per heavy atom. The maximum Gasteiger partial charge on any atom is 0.416 e. The third kappa shape index (κ3) is 5.52. The molecule has 0 atom stereocenters. The number of hydrogen-bond acceptors (Lipinski definition) is 4. The van der Waals surface area contributed by atoms with Gasteiger partial charge in [0.05, 0.1) is 27.4 Å². The van der Waals surface area contributed by atoms with Crippen molar-refractivity contribution < 1.29 is 26.3 Å². The molecule has 1 N–H and O–H groups in total. The van der Waals surface area contributed by atoms with Crippen LogP contribution >= 0.6 is 34.2 Å². The predicted molar refractivity (Wildman–Crippen MR) is 111 cm³/mol. The molecule has 5 nitrogen and oxygen atoms in total. The van der Waals surface area contributed by atoms with Gasteiger partial charge in [0.15, 0.2) is 5.75 Å². The average molecular weight is 555 g/mol. The fraction of sp³-hybridized carbons (Fsp3) is 0.0556. The summed E-state index contributed by atoms with van der Waals surface area (Å²) in [5.41, 5.74) is -1.41. The van der Waals surface area contributed by atoms with Crippen LogP contribution in [0.5, 0.6) is 11.5 Å². The van der Waals surface area contributed by atoms with Crippen molar-refractivity contribution in [1.29, 1.82) is 0 Å². The monoisotopic (exact) mass is 554 g/mol. The van der Waals surface area contributed by atoms with Crippen molar-refractivity contribution in [3.05, 3.63) is 75.1 Å². The van der Waals surface area contributed by atoms with Crippen LogP contribution in [0, 0.1) is 3.57 Å². The minimum Gasteiger partial charge on any atom is -0.453 e. The topological polar surface area (TPSA) is 68.3 Å². The Hall–Kier alpha value is -2.05. The molecule has 0 bridgehead atoms. The van der Waals surface area contributed by atoms with E-state index in [0.717, 1.165) is 15.7 Å². The molecule has 0 spiro atoms. The maximum atomic E-state index is 13.1. The maximum absolute atomic E-state index is 13.1. The highest BCUT2D eigenvalue weighted by Crippen LogP contribution is 2.38. The third-order valence-electron chi connectivity index (χ3n) is 3.58. The van der Waals surface area contributed by atoms with E-state index in [-0.39, 0.29) is 27.1 Å². The van der Waals surface area contributed by atoms with E-state index in [0.29, 0.717) is 6.07 Å². The van der Waals surface area contributed by atoms with Crippen LogP contribution in [0.15, 0.2) is 65.8 Å². The first-order valence-corrected chi connectivity index (χ1v) is 10.8. The molecule has 0 radical (unpaired) electrons. The largest absolute Gasteiger partial charge is 0.453 e. The molecule has 2 aromatic carbocycles. The van der Waals surface area contributed by atoms with Gasteiger partial charge in [0.25, 0.3) is 10.0 Å². The lowest BCUT2D eigenvalue weighted by atomic mass is 10.2. The number of hydrogen-bond donors (Lipinski definition) is 1. The molecule has 0 amide bonds. The highest BCUT2D eigenvalue weighted by molar-refractivity contribution is 14.1. The first-order chi connectivity index (χ1) is 13.5. The third-order valence-corrected chi connectivity index (χ3v) is 5.89. The van der Waals surface area contributed by atoms with Gasteiger partial charge in [-0.2, -0.15) is 13.2 Å². The summed E-state index contributed by atoms with van der Waals surface area (Å²) in [7, 11) is -4.16. The standard InChI is InChI=1S/C18H11ClF3IN2O3S/c19-12-8-14(10-24-9-12)28-17-6-1-11(18(20,21)22)7-16(17)25-29(26,27)15-4-2-13(23)3-5-15/h1-10,25H. The normalized spacial score (nSPS) is 11.9. The van der Waals surface area contributed by atoms with Crippen molar-refractivity contribution in [1.82, 2.24) is 4.98 Å². The van der Waals surface area contributed by atoms with E-state index in [2.05, 4.69) is 9.71 Å². The Morgan fingerprint density at radius 3 is 2.34 bits per heavy atom. The number of sulfonamides is 1. The molecule has 0 aliphatic heterocycles. The molecule has 3 rings (SSSR count). The zero-order valence-corrected chi connectivity index (χ0v) is 18.0. The van der Waals surface area contributed by atoms with Crippen molar-refractivity contribution in [2.45, 2.75) is 11.1 Å². The van der Waals surface area contributed by atoms with Crippen LogP contribution in [0.2, 0.25) is 5.02 Å². The highest BCUT2D eigenvalue weighted by Gasteiger charge is 2.32. The summed E-state index contributed by atoms with van der Waals surface area (Å²) < 4.78 is 73.2. The van der Waals surface area contributed by atoms with E-state index in [1.54, 1.807) is 12.1 Å². The average Bonchev–Trinajstić information content (AvgIpc) is 2.62. The van der Waals surface area contributed by atoms with Crippen LogP contribution < -0.4 is 9.46 Å². The lowest BCUT2D eigenvalue weighted by Gasteiger charge is -2.16. The number of halogens is 5. The number of benzene rings is 2. The number of nitrogens with one attached hydrogen (secondary N) is 1. The number of nitrogens with zero attached hydrogens (tertiary/aromatic N) is 1. The van der Waals surface area contributed by atoms with Crippen molar-refractivity contribution in [2.75, 3.05) is 4.72 Å². The van der Waals surface area contributed by atoms with Crippen molar-refractivity contribution in [3.8, 4) is 11.5 Å². The zero-order valence-electron chi connectivity index (χ0n) is 14.2. The molecule has 0 aliphatic rings. The lowest BCUT2D eigenvalue weighted by Crippen LogP contribution is -2.15. The molecular weight excluding hydrogens is 544 g/mol. The highest BCUT2D eigenvalue weighted by atomic mass is 127. The Bertz CT molecular complexity index is 1140. The molecule has 0 saturated heterocycles. The molecule has 0 unspecified atom stereocenters. The van der Waals surface area contributed by atoms with Crippen LogP contribution in [0.4, 0.5) is 18.9 Å². The van der Waals surface area contributed by atoms with Crippen LogP contribution in [0.25, 0.3) is 0 Å². The van der Waals surface area contributed by atoms with E-state index in [1.165, 1.54) is 30.6 Å². The van der Waals surface area contributed by atoms with Crippen molar-refractivity contribution >= 4 is 49.9 Å². The Kier molecular flexibility index (Phi) is 6.24. The van der Waals surface area contributed by atoms with Crippen LogP contribution in [0.3, 0.4) is 0 Å². The molecule has 0 aliphatic carbocycles. The fourth-order valence-corrected chi connectivity index (χ4v) is 3.85. The molecule has 3 aromatic rings. The van der Waals surface area contributed by atoms with Crippen molar-refractivity contribution in [3.63, 3.8) is 0 Å². The summed E-state index contributed by atoms with van der Waals surface area (Å²) in [6.45, 7) is 0. The predicted octanol–water partition coefficient (Wildman–Crippen LogP) is 5.95. The lowest BCUT2D eigenvalue weighted by molar-refractivity contribution is -0.137. The Labute approximate surface area is 183 Å². The molecule has 1 aromatic heterocycles. The van der Waals surface area contributed by atoms with E-state index in [1.807, 2.05) is 22.6 Å². The van der Waals surface area contributed by atoms with Gasteiger partial charge < -0.3 is 4.74 Å². The van der Waals surface area contributed by atoms with Gasteiger partial charge in [-0.05, 0) is 65.1 Å². The number of ether oxygens (including phenoxy) is 1. The summed E-state index contributed by atoms with van der Waals surface area (Å²) in [5, 5.41) is 0.246. The van der Waals surface area contributed by atoms with Crippen LogP contribution in [-0.4, -0.2) is 13.4 Å². The van der Waals surface area contributed by atoms with Crippen LogP contribution in [-0.2, 0) is 16.2 Å². The second kappa shape index (κ2) is 8.36. The number of aromatic nitrogens is 1. The van der Waals surface area contributed by atoms with E-state index in [9.17, 15) is 21.6 Å². The van der Waals surface area contributed by atoms with Gasteiger partial charge in [-0.15, -0.1) is 0 Å². The van der Waals surface area contributed by atoms with Gasteiger partial charge in [-0.25, -0.2) is 8.42 Å². The fourth-order valence-electron chi connectivity index (χ4n) is 2.27. The second-order valence-electron chi connectivity index (χ2n) is 5.71. The van der Waals surface area contributed by atoms with E-state index >= 15 is 0 Å². The summed E-state index contributed by atoms with van der Waals surface area (Å²) in [5.74, 6) is -0.0110. The first-order valence-electron chi connectivity index (χ1n) is 7.83. The summed E-state index contributed by atoms with van der Waals surface area (Å²) in [4.78, 5) is 3.72. The number of alkyl halides is 3. The van der Waals surface area contributed by atoms with Gasteiger partial charge in [0.2, 0.25) is 0 Å². The van der Waals surface area contributed by atoms with Gasteiger partial charge >= 0.3 is 6.18 Å².